The van der Waals surface area contributed by atoms with Gasteiger partial charge in [0.25, 0.3) is 5.91 Å². The lowest BCUT2D eigenvalue weighted by Gasteiger charge is -2.28. The van der Waals surface area contributed by atoms with Crippen molar-refractivity contribution in [2.24, 2.45) is 0 Å². The van der Waals surface area contributed by atoms with Crippen LogP contribution in [0.5, 0.6) is 0 Å². The second-order valence-electron chi connectivity index (χ2n) is 7.66. The molecule has 1 aromatic heterocycles. The van der Waals surface area contributed by atoms with Crippen LogP contribution in [0.1, 0.15) is 28.8 Å². The molecule has 2 aromatic rings. The summed E-state index contributed by atoms with van der Waals surface area (Å²) in [6.07, 6.45) is 1.60. The zero-order valence-corrected chi connectivity index (χ0v) is 17.9. The minimum atomic E-state index is -1.70. The largest absolute Gasteiger partial charge is 0.382 e. The van der Waals surface area contributed by atoms with Gasteiger partial charge in [0.2, 0.25) is 5.95 Å². The average Bonchev–Trinajstić information content (AvgIpc) is 3.09. The van der Waals surface area contributed by atoms with Crippen molar-refractivity contribution in [2.45, 2.75) is 37.8 Å². The molecule has 0 aliphatic carbocycles. The monoisotopic (exact) mass is 448 g/mol. The second-order valence-corrected chi connectivity index (χ2v) is 8.07. The molecule has 2 aliphatic rings. The maximum absolute atomic E-state index is 13.0. The van der Waals surface area contributed by atoms with E-state index in [0.29, 0.717) is 41.0 Å². The normalized spacial score (nSPS) is 17.8. The summed E-state index contributed by atoms with van der Waals surface area (Å²) >= 11 is 6.37. The predicted molar refractivity (Wildman–Crippen MR) is 114 cm³/mol. The zero-order valence-electron chi connectivity index (χ0n) is 17.1. The number of carbonyl (C=O) groups excluding carboxylic acids is 1. The number of methoxy groups -OCH3 is 1. The molecule has 1 atom stereocenters. The van der Waals surface area contributed by atoms with Crippen molar-refractivity contribution in [2.75, 3.05) is 32.2 Å². The Labute approximate surface area is 185 Å². The minimum absolute atomic E-state index is 0.0171. The second kappa shape index (κ2) is 9.46. The number of benzene rings is 1. The van der Waals surface area contributed by atoms with Gasteiger partial charge in [0, 0.05) is 44.0 Å². The first kappa shape index (κ1) is 21.9. The first-order chi connectivity index (χ1) is 15.0. The summed E-state index contributed by atoms with van der Waals surface area (Å²) in [6, 6.07) is 4.80. The fourth-order valence-corrected chi connectivity index (χ4v) is 4.11. The maximum Gasteiger partial charge on any atom is 0.255 e. The molecule has 0 bridgehead atoms. The van der Waals surface area contributed by atoms with Gasteiger partial charge in [0.15, 0.2) is 6.29 Å². The van der Waals surface area contributed by atoms with Crippen LogP contribution in [0, 0.1) is 0 Å². The van der Waals surface area contributed by atoms with E-state index in [9.17, 15) is 15.0 Å². The van der Waals surface area contributed by atoms with Crippen molar-refractivity contribution in [3.8, 4) is 11.3 Å². The first-order valence-corrected chi connectivity index (χ1v) is 10.5. The number of anilines is 1. The van der Waals surface area contributed by atoms with Gasteiger partial charge < -0.3 is 29.9 Å². The van der Waals surface area contributed by atoms with E-state index in [2.05, 4.69) is 15.3 Å². The smallest absolute Gasteiger partial charge is 0.255 e. The molecule has 166 valence electrons. The first-order valence-electron chi connectivity index (χ1n) is 10.1. The Morgan fingerprint density at radius 1 is 1.35 bits per heavy atom. The van der Waals surface area contributed by atoms with E-state index in [4.69, 9.17) is 21.1 Å². The summed E-state index contributed by atoms with van der Waals surface area (Å²) in [5, 5.41) is 23.0. The van der Waals surface area contributed by atoms with Gasteiger partial charge in [-0.3, -0.25) is 4.79 Å². The lowest BCUT2D eigenvalue weighted by Crippen LogP contribution is -2.46. The summed E-state index contributed by atoms with van der Waals surface area (Å²) in [5.41, 5.74) is 2.48. The Morgan fingerprint density at radius 2 is 2.13 bits per heavy atom. The highest BCUT2D eigenvalue weighted by Gasteiger charge is 2.36. The van der Waals surface area contributed by atoms with E-state index in [0.717, 1.165) is 18.4 Å². The minimum Gasteiger partial charge on any atom is -0.382 e. The average molecular weight is 449 g/mol. The fourth-order valence-electron chi connectivity index (χ4n) is 3.91. The molecule has 1 fully saturated rings. The van der Waals surface area contributed by atoms with Gasteiger partial charge in [0.1, 0.15) is 6.04 Å². The molecule has 1 aromatic carbocycles. The van der Waals surface area contributed by atoms with Crippen LogP contribution < -0.4 is 5.32 Å². The number of rotatable bonds is 7. The van der Waals surface area contributed by atoms with E-state index >= 15 is 0 Å². The van der Waals surface area contributed by atoms with Gasteiger partial charge in [-0.2, -0.15) is 0 Å². The fraction of sp³-hybridized carbons (Fsp3) is 0.476. The molecule has 1 saturated heterocycles. The van der Waals surface area contributed by atoms with Gasteiger partial charge >= 0.3 is 0 Å². The highest BCUT2D eigenvalue weighted by molar-refractivity contribution is 6.33. The molecule has 0 spiro atoms. The summed E-state index contributed by atoms with van der Waals surface area (Å²) in [4.78, 5) is 23.2. The maximum atomic E-state index is 13.0. The molecule has 3 heterocycles. The number of aromatic nitrogens is 2. The number of nitrogens with one attached hydrogen (secondary N) is 1. The summed E-state index contributed by atoms with van der Waals surface area (Å²) in [5.74, 6) is 0.182. The third kappa shape index (κ3) is 4.65. The molecular weight excluding hydrogens is 424 g/mol. The number of nitrogens with zero attached hydrogens (tertiary/aromatic N) is 3. The summed E-state index contributed by atoms with van der Waals surface area (Å²) in [7, 11) is 1.45. The van der Waals surface area contributed by atoms with Gasteiger partial charge in [-0.05, 0) is 24.5 Å². The van der Waals surface area contributed by atoms with E-state index in [1.54, 1.807) is 12.3 Å². The van der Waals surface area contributed by atoms with Crippen LogP contribution in [-0.4, -0.2) is 76.3 Å². The van der Waals surface area contributed by atoms with Crippen LogP contribution in [0.4, 0.5) is 5.95 Å². The van der Waals surface area contributed by atoms with Crippen LogP contribution in [-0.2, 0) is 16.0 Å². The number of aliphatic hydroxyl groups is 2. The van der Waals surface area contributed by atoms with Crippen molar-refractivity contribution in [3.63, 3.8) is 0 Å². The van der Waals surface area contributed by atoms with E-state index in [1.807, 2.05) is 12.1 Å². The number of ether oxygens (including phenoxy) is 2. The summed E-state index contributed by atoms with van der Waals surface area (Å²) in [6.45, 7) is 1.69. The number of aliphatic hydroxyl groups excluding tert-OH is 1. The number of halogens is 1. The molecule has 3 N–H and O–H groups in total. The topological polar surface area (TPSA) is 117 Å². The van der Waals surface area contributed by atoms with Gasteiger partial charge in [0.05, 0.1) is 23.5 Å². The van der Waals surface area contributed by atoms with Gasteiger partial charge in [-0.15, -0.1) is 0 Å². The summed E-state index contributed by atoms with van der Waals surface area (Å²) < 4.78 is 10.4. The standard InChI is InChI=1S/C21H25ClN4O5/c1-30-11-17(20(28)29)26-10-13-3-2-12(8-15(13)19(26)27)18-16(22)9-23-21(25-18)24-14-4-6-31-7-5-14/h2-3,8-9,14,17,20,28-29H,4-7,10-11H2,1H3,(H,23,24,25). The SMILES string of the molecule is COCC(C(O)O)N1Cc2ccc(-c3nc(NC4CCOCC4)ncc3Cl)cc2C1=O. The molecule has 4 rings (SSSR count). The Bertz CT molecular complexity index is 951. The molecular formula is C21H25ClN4O5. The van der Waals surface area contributed by atoms with Crippen molar-refractivity contribution < 1.29 is 24.5 Å². The van der Waals surface area contributed by atoms with Crippen LogP contribution in [0.15, 0.2) is 24.4 Å². The van der Waals surface area contributed by atoms with Crippen LogP contribution in [0.3, 0.4) is 0 Å². The van der Waals surface area contributed by atoms with Crippen molar-refractivity contribution in [1.82, 2.24) is 14.9 Å². The Hall–Kier alpha value is -2.30. The van der Waals surface area contributed by atoms with Crippen molar-refractivity contribution in [3.05, 3.63) is 40.5 Å². The molecule has 1 unspecified atom stereocenters. The van der Waals surface area contributed by atoms with Crippen LogP contribution in [0.2, 0.25) is 5.02 Å². The number of hydrogen-bond donors (Lipinski definition) is 3. The molecule has 0 saturated carbocycles. The third-order valence-electron chi connectivity index (χ3n) is 5.60. The third-order valence-corrected chi connectivity index (χ3v) is 5.87. The predicted octanol–water partition coefficient (Wildman–Crippen LogP) is 1.67. The molecule has 31 heavy (non-hydrogen) atoms. The quantitative estimate of drug-likeness (QED) is 0.547. The Balaban J connectivity index is 1.59. The van der Waals surface area contributed by atoms with Crippen LogP contribution in [0.25, 0.3) is 11.3 Å². The highest BCUT2D eigenvalue weighted by Crippen LogP contribution is 2.32. The highest BCUT2D eigenvalue weighted by atomic mass is 35.5. The van der Waals surface area contributed by atoms with E-state index in [-0.39, 0.29) is 25.1 Å². The number of fused-ring (bicyclic) bond motifs is 1. The molecule has 1 amide bonds. The lowest BCUT2D eigenvalue weighted by molar-refractivity contribution is -0.109. The molecule has 0 radical (unpaired) electrons. The number of hydrogen-bond acceptors (Lipinski definition) is 8. The Kier molecular flexibility index (Phi) is 6.68. The van der Waals surface area contributed by atoms with Crippen LogP contribution >= 0.6 is 11.6 Å². The van der Waals surface area contributed by atoms with Crippen molar-refractivity contribution in [1.29, 1.82) is 0 Å². The molecule has 9 nitrogen and oxygen atoms in total. The Morgan fingerprint density at radius 3 is 2.84 bits per heavy atom. The molecule has 10 heteroatoms. The van der Waals surface area contributed by atoms with Crippen molar-refractivity contribution >= 4 is 23.5 Å². The number of carbonyl (C=O) groups is 1. The zero-order chi connectivity index (χ0) is 22.0. The van der Waals surface area contributed by atoms with Gasteiger partial charge in [-0.25, -0.2) is 9.97 Å². The van der Waals surface area contributed by atoms with Gasteiger partial charge in [-0.1, -0.05) is 23.7 Å². The lowest BCUT2D eigenvalue weighted by atomic mass is 10.0. The molecule has 2 aliphatic heterocycles. The van der Waals surface area contributed by atoms with E-state index < -0.39 is 12.3 Å². The number of amides is 1. The van der Waals surface area contributed by atoms with E-state index in [1.165, 1.54) is 12.0 Å².